The third-order valence-corrected chi connectivity index (χ3v) is 6.48. The van der Waals surface area contributed by atoms with Crippen molar-refractivity contribution in [3.8, 4) is 11.1 Å². The molecule has 0 saturated heterocycles. The molecule has 0 aliphatic carbocycles. The van der Waals surface area contributed by atoms with Gasteiger partial charge in [-0.25, -0.2) is 9.80 Å². The molecule has 0 unspecified atom stereocenters. The van der Waals surface area contributed by atoms with Crippen LogP contribution in [0.5, 0.6) is 0 Å². The number of carbonyl (C=O) groups excluding carboxylic acids is 1. The minimum absolute atomic E-state index is 0. The lowest BCUT2D eigenvalue weighted by molar-refractivity contribution is -0.134. The molecule has 10 heteroatoms. The number of hydrogen-bond donors (Lipinski definition) is 4. The number of pyridine rings is 1. The Kier molecular flexibility index (Phi) is 9.71. The van der Waals surface area contributed by atoms with Crippen LogP contribution in [0.25, 0.3) is 11.1 Å². The Bertz CT molecular complexity index is 1190. The molecular weight excluding hydrogens is 494 g/mol. The van der Waals surface area contributed by atoms with E-state index in [1.54, 1.807) is 13.8 Å². The molecule has 0 radical (unpaired) electrons. The van der Waals surface area contributed by atoms with E-state index in [0.29, 0.717) is 12.5 Å². The fraction of sp³-hybridized carbons (Fsp3) is 0.444. The van der Waals surface area contributed by atoms with E-state index in [1.807, 2.05) is 26.0 Å². The van der Waals surface area contributed by atoms with Crippen molar-refractivity contribution in [1.29, 1.82) is 0 Å². The highest BCUT2D eigenvalue weighted by molar-refractivity contribution is 5.90. The first-order chi connectivity index (χ1) is 16.9. The molecular formula is C27H38ClN5O4. The molecule has 2 aromatic rings. The van der Waals surface area contributed by atoms with E-state index in [-0.39, 0.29) is 37.0 Å². The number of amides is 1. The number of rotatable bonds is 10. The second-order valence-electron chi connectivity index (χ2n) is 10.2. The number of carbonyl (C=O) groups is 2. The van der Waals surface area contributed by atoms with E-state index in [1.165, 1.54) is 5.01 Å². The maximum atomic E-state index is 12.2. The Labute approximate surface area is 224 Å². The van der Waals surface area contributed by atoms with Crippen LogP contribution in [0, 0.1) is 19.8 Å². The van der Waals surface area contributed by atoms with Gasteiger partial charge in [0.15, 0.2) is 0 Å². The number of nitrogens with one attached hydrogen (secondary N) is 1. The van der Waals surface area contributed by atoms with Crippen molar-refractivity contribution >= 4 is 24.3 Å². The van der Waals surface area contributed by atoms with E-state index in [4.69, 9.17) is 21.2 Å². The zero-order valence-electron chi connectivity index (χ0n) is 22.3. The minimum atomic E-state index is -1.14. The number of hydrogen-bond acceptors (Lipinski definition) is 7. The summed E-state index contributed by atoms with van der Waals surface area (Å²) in [7, 11) is 0. The molecule has 2 heterocycles. The molecule has 0 bridgehead atoms. The molecule has 1 aliphatic heterocycles. The van der Waals surface area contributed by atoms with Gasteiger partial charge >= 0.3 is 5.97 Å². The second kappa shape index (κ2) is 11.9. The summed E-state index contributed by atoms with van der Waals surface area (Å²) in [4.78, 5) is 28.6. The van der Waals surface area contributed by atoms with Gasteiger partial charge in [-0.3, -0.25) is 15.2 Å². The molecule has 0 fully saturated rings. The fourth-order valence-corrected chi connectivity index (χ4v) is 4.60. The summed E-state index contributed by atoms with van der Waals surface area (Å²) < 4.78 is 6.11. The average Bonchev–Trinajstić information content (AvgIpc) is 3.01. The number of benzene rings is 1. The van der Waals surface area contributed by atoms with Gasteiger partial charge in [-0.15, -0.1) is 12.4 Å². The van der Waals surface area contributed by atoms with Crippen molar-refractivity contribution < 1.29 is 19.4 Å². The van der Waals surface area contributed by atoms with Gasteiger partial charge in [0.1, 0.15) is 12.2 Å². The first-order valence-corrected chi connectivity index (χ1v) is 12.1. The summed E-state index contributed by atoms with van der Waals surface area (Å²) in [5.74, 6) is -1.25. The van der Waals surface area contributed by atoms with E-state index < -0.39 is 17.4 Å². The molecule has 1 amide bonds. The minimum Gasteiger partial charge on any atom is -0.478 e. The molecule has 37 heavy (non-hydrogen) atoms. The molecule has 3 rings (SSSR count). The fourth-order valence-electron chi connectivity index (χ4n) is 4.60. The number of ether oxygens (including phenoxy) is 1. The van der Waals surface area contributed by atoms with Crippen LogP contribution in [-0.4, -0.2) is 39.1 Å². The predicted molar refractivity (Wildman–Crippen MR) is 145 cm³/mol. The van der Waals surface area contributed by atoms with Crippen LogP contribution >= 0.6 is 12.4 Å². The zero-order valence-corrected chi connectivity index (χ0v) is 23.2. The molecule has 1 aliphatic rings. The van der Waals surface area contributed by atoms with E-state index >= 15 is 0 Å². The van der Waals surface area contributed by atoms with Crippen LogP contribution in [-0.2, 0) is 33.9 Å². The Balaban J connectivity index is 0.00000481. The molecule has 9 nitrogen and oxygen atoms in total. The highest BCUT2D eigenvalue weighted by atomic mass is 35.5. The highest BCUT2D eigenvalue weighted by Crippen LogP contribution is 2.35. The van der Waals surface area contributed by atoms with Crippen molar-refractivity contribution in [2.24, 2.45) is 17.4 Å². The monoisotopic (exact) mass is 531 g/mol. The first-order valence-electron chi connectivity index (χ1n) is 12.1. The van der Waals surface area contributed by atoms with Crippen LogP contribution in [0.1, 0.15) is 55.8 Å². The number of aliphatic carboxylic acids is 1. The number of primary amides is 1. The summed E-state index contributed by atoms with van der Waals surface area (Å²) in [6, 6.07) is 8.21. The lowest BCUT2D eigenvalue weighted by Crippen LogP contribution is -2.51. The number of carboxylic acid groups (broad SMARTS) is 1. The lowest BCUT2D eigenvalue weighted by atomic mass is 9.90. The van der Waals surface area contributed by atoms with E-state index in [9.17, 15) is 14.7 Å². The van der Waals surface area contributed by atoms with Gasteiger partial charge < -0.3 is 21.3 Å². The topological polar surface area (TPSA) is 144 Å². The van der Waals surface area contributed by atoms with Crippen molar-refractivity contribution in [1.82, 2.24) is 15.4 Å². The van der Waals surface area contributed by atoms with Crippen LogP contribution < -0.4 is 16.9 Å². The average molecular weight is 532 g/mol. The lowest BCUT2D eigenvalue weighted by Gasteiger charge is -2.30. The van der Waals surface area contributed by atoms with Crippen LogP contribution in [0.3, 0.4) is 0 Å². The van der Waals surface area contributed by atoms with Crippen molar-refractivity contribution in [2.75, 3.05) is 6.54 Å². The van der Waals surface area contributed by atoms with Crippen molar-refractivity contribution in [3.63, 3.8) is 0 Å². The summed E-state index contributed by atoms with van der Waals surface area (Å²) in [6.07, 6.45) is 0.791. The smallest absolute Gasteiger partial charge is 0.339 e. The van der Waals surface area contributed by atoms with Crippen LogP contribution in [0.4, 0.5) is 0 Å². The summed E-state index contributed by atoms with van der Waals surface area (Å²) in [5.41, 5.74) is 20.2. The number of carboxylic acids is 1. The van der Waals surface area contributed by atoms with Gasteiger partial charge in [0, 0.05) is 23.5 Å². The summed E-state index contributed by atoms with van der Waals surface area (Å²) in [5, 5.41) is 11.4. The van der Waals surface area contributed by atoms with Crippen LogP contribution in [0.15, 0.2) is 35.7 Å². The third-order valence-electron chi connectivity index (χ3n) is 6.48. The molecule has 1 aromatic heterocycles. The van der Waals surface area contributed by atoms with Gasteiger partial charge in [0.2, 0.25) is 11.8 Å². The summed E-state index contributed by atoms with van der Waals surface area (Å²) in [6.45, 7) is 11.8. The number of halogens is 1. The molecule has 202 valence electrons. The van der Waals surface area contributed by atoms with Gasteiger partial charge in [0.05, 0.1) is 12.1 Å². The molecule has 0 saturated carbocycles. The Hall–Kier alpha value is -3.14. The number of aromatic nitrogens is 1. The Morgan fingerprint density at radius 1 is 1.16 bits per heavy atom. The quantitative estimate of drug-likeness (QED) is 0.365. The maximum Gasteiger partial charge on any atom is 0.339 e. The standard InChI is InChI=1S/C27H37N5O4.ClH/c1-15(2)11-21-19(12-28)23(18-9-7-16(3)8-10-18)20(17(4)30-21)14-36-25-24(26(34)35)27(5,6)32(31-25)13-22(29)33;/h7-10,15,31H,11-14,28H2,1-6H3,(H2,29,33)(H,34,35);1H. The summed E-state index contributed by atoms with van der Waals surface area (Å²) >= 11 is 0. The molecule has 6 N–H and O–H groups in total. The zero-order chi connectivity index (χ0) is 26.8. The SMILES string of the molecule is Cc1ccc(-c2c(COC3=C(C(=O)O)C(C)(C)N(CC(N)=O)N3)c(C)nc(CC(C)C)c2CN)cc1.Cl. The van der Waals surface area contributed by atoms with E-state index in [0.717, 1.165) is 45.6 Å². The van der Waals surface area contributed by atoms with Gasteiger partial charge in [-0.2, -0.15) is 0 Å². The van der Waals surface area contributed by atoms with Gasteiger partial charge in [0.25, 0.3) is 0 Å². The number of nitrogens with two attached hydrogens (primary N) is 2. The third kappa shape index (κ3) is 6.41. The highest BCUT2D eigenvalue weighted by Gasteiger charge is 2.45. The first kappa shape index (κ1) is 30.1. The van der Waals surface area contributed by atoms with Gasteiger partial charge in [-0.1, -0.05) is 43.7 Å². The Morgan fingerprint density at radius 2 is 1.78 bits per heavy atom. The maximum absolute atomic E-state index is 12.2. The van der Waals surface area contributed by atoms with Crippen molar-refractivity contribution in [2.45, 2.75) is 66.7 Å². The number of nitrogens with zero attached hydrogens (tertiary/aromatic N) is 2. The number of hydrazine groups is 1. The second-order valence-corrected chi connectivity index (χ2v) is 10.2. The van der Waals surface area contributed by atoms with Crippen LogP contribution in [0.2, 0.25) is 0 Å². The predicted octanol–water partition coefficient (Wildman–Crippen LogP) is 3.34. The number of aryl methyl sites for hydroxylation is 2. The largest absolute Gasteiger partial charge is 0.478 e. The van der Waals surface area contributed by atoms with Crippen molar-refractivity contribution in [3.05, 3.63) is 63.8 Å². The Morgan fingerprint density at radius 3 is 2.30 bits per heavy atom. The van der Waals surface area contributed by atoms with Gasteiger partial charge in [-0.05, 0) is 56.7 Å². The molecule has 0 spiro atoms. The molecule has 0 atom stereocenters. The normalized spacial score (nSPS) is 14.9. The molecule has 1 aromatic carbocycles. The van der Waals surface area contributed by atoms with E-state index in [2.05, 4.69) is 31.4 Å².